The molecule has 0 unspecified atom stereocenters. The van der Waals surface area contributed by atoms with Crippen molar-refractivity contribution in [2.24, 2.45) is 0 Å². The predicted octanol–water partition coefficient (Wildman–Crippen LogP) is 4.23. The topological polar surface area (TPSA) is 102 Å². The molecular formula is C27H33FN4O5S. The van der Waals surface area contributed by atoms with E-state index in [0.29, 0.717) is 24.5 Å². The van der Waals surface area contributed by atoms with Gasteiger partial charge in [0.15, 0.2) is 0 Å². The van der Waals surface area contributed by atoms with E-state index in [2.05, 4.69) is 21.6 Å². The van der Waals surface area contributed by atoms with E-state index in [9.17, 15) is 17.6 Å². The van der Waals surface area contributed by atoms with E-state index < -0.39 is 21.2 Å². The number of nitrogens with one attached hydrogen (secondary N) is 1. The fraction of sp³-hybridized carbons (Fsp3) is 0.481. The van der Waals surface area contributed by atoms with Crippen LogP contribution >= 0.6 is 0 Å². The van der Waals surface area contributed by atoms with Crippen LogP contribution in [-0.2, 0) is 14.8 Å². The van der Waals surface area contributed by atoms with Crippen molar-refractivity contribution in [1.82, 2.24) is 14.3 Å². The molecule has 11 heteroatoms. The fourth-order valence-electron chi connectivity index (χ4n) is 5.07. The van der Waals surface area contributed by atoms with Gasteiger partial charge in [0.05, 0.1) is 41.8 Å². The van der Waals surface area contributed by atoms with Gasteiger partial charge in [-0.3, -0.25) is 4.79 Å². The van der Waals surface area contributed by atoms with Crippen LogP contribution in [-0.4, -0.2) is 54.5 Å². The molecule has 5 rings (SSSR count). The maximum absolute atomic E-state index is 14.5. The highest BCUT2D eigenvalue weighted by atomic mass is 32.2. The van der Waals surface area contributed by atoms with E-state index >= 15 is 0 Å². The number of benzene rings is 1. The molecule has 0 spiro atoms. The highest BCUT2D eigenvalue weighted by Crippen LogP contribution is 2.42. The summed E-state index contributed by atoms with van der Waals surface area (Å²) in [6.45, 7) is 7.06. The molecule has 0 aliphatic carbocycles. The molecule has 1 atom stereocenters. The Morgan fingerprint density at radius 3 is 2.74 bits per heavy atom. The molecule has 38 heavy (non-hydrogen) atoms. The monoisotopic (exact) mass is 544 g/mol. The Balaban J connectivity index is 1.47. The average molecular weight is 545 g/mol. The zero-order chi connectivity index (χ0) is 27.1. The van der Waals surface area contributed by atoms with Crippen LogP contribution in [0.15, 0.2) is 42.7 Å². The summed E-state index contributed by atoms with van der Waals surface area (Å²) in [5.74, 6) is -0.390. The molecular weight excluding hydrogens is 511 g/mol. The van der Waals surface area contributed by atoms with E-state index in [1.165, 1.54) is 30.6 Å². The first kappa shape index (κ1) is 26.4. The van der Waals surface area contributed by atoms with E-state index in [1.54, 1.807) is 18.3 Å². The summed E-state index contributed by atoms with van der Waals surface area (Å²) < 4.78 is 54.7. The van der Waals surface area contributed by atoms with Gasteiger partial charge < -0.3 is 14.4 Å². The third kappa shape index (κ3) is 5.22. The molecule has 2 fully saturated rings. The first-order valence-electron chi connectivity index (χ1n) is 12.9. The number of hydrogen-bond donors (Lipinski definition) is 1. The van der Waals surface area contributed by atoms with E-state index in [-0.39, 0.29) is 23.0 Å². The van der Waals surface area contributed by atoms with E-state index in [0.717, 1.165) is 43.5 Å². The Morgan fingerprint density at radius 2 is 2.00 bits per heavy atom. The second-order valence-electron chi connectivity index (χ2n) is 10.5. The number of carbonyl (C=O) groups is 1. The van der Waals surface area contributed by atoms with Gasteiger partial charge in [-0.1, -0.05) is 0 Å². The molecule has 0 saturated carbocycles. The van der Waals surface area contributed by atoms with Crippen LogP contribution in [0.2, 0.25) is 0 Å². The highest BCUT2D eigenvalue weighted by Gasteiger charge is 2.34. The van der Waals surface area contributed by atoms with Crippen LogP contribution in [0, 0.1) is 5.82 Å². The van der Waals surface area contributed by atoms with Crippen molar-refractivity contribution in [3.63, 3.8) is 0 Å². The number of carbonyl (C=O) groups excluding carboxylic acids is 1. The lowest BCUT2D eigenvalue weighted by molar-refractivity contribution is -0.0349. The first-order valence-corrected chi connectivity index (χ1v) is 14.5. The molecule has 204 valence electrons. The van der Waals surface area contributed by atoms with E-state index in [4.69, 9.17) is 9.47 Å². The summed E-state index contributed by atoms with van der Waals surface area (Å²) in [5.41, 5.74) is 1.87. The van der Waals surface area contributed by atoms with Crippen molar-refractivity contribution >= 4 is 27.1 Å². The van der Waals surface area contributed by atoms with Crippen molar-refractivity contribution in [1.29, 1.82) is 0 Å². The third-order valence-electron chi connectivity index (χ3n) is 7.43. The Morgan fingerprint density at radius 1 is 1.24 bits per heavy atom. The van der Waals surface area contributed by atoms with Crippen molar-refractivity contribution in [3.8, 4) is 5.75 Å². The Bertz CT molecular complexity index is 1450. The molecule has 4 heterocycles. The number of amides is 1. The zero-order valence-electron chi connectivity index (χ0n) is 21.8. The summed E-state index contributed by atoms with van der Waals surface area (Å²) in [6.07, 6.45) is 6.32. The number of nitrogens with zero attached hydrogens (tertiary/aromatic N) is 3. The second kappa shape index (κ2) is 10.2. The number of sulfonamides is 1. The molecule has 3 aromatic rings. The molecule has 2 aliphatic rings. The number of hydrogen-bond acceptors (Lipinski definition) is 7. The van der Waals surface area contributed by atoms with Gasteiger partial charge in [0.25, 0.3) is 5.91 Å². The van der Waals surface area contributed by atoms with Crippen molar-refractivity contribution in [3.05, 3.63) is 59.7 Å². The number of aromatic nitrogens is 2. The largest absolute Gasteiger partial charge is 0.487 e. The number of fused-ring (bicyclic) bond motifs is 1. The molecule has 2 aromatic heterocycles. The average Bonchev–Trinajstić information content (AvgIpc) is 3.52. The highest BCUT2D eigenvalue weighted by molar-refractivity contribution is 7.90. The minimum atomic E-state index is -3.79. The number of ether oxygens (including phenoxy) is 2. The van der Waals surface area contributed by atoms with Gasteiger partial charge in [0.1, 0.15) is 17.2 Å². The van der Waals surface area contributed by atoms with Crippen LogP contribution in [0.4, 0.5) is 10.1 Å². The maximum Gasteiger partial charge on any atom is 0.268 e. The number of anilines is 1. The molecule has 0 bridgehead atoms. The lowest BCUT2D eigenvalue weighted by Crippen LogP contribution is -2.39. The molecule has 2 aliphatic heterocycles. The molecule has 1 aromatic carbocycles. The number of pyridine rings is 1. The van der Waals surface area contributed by atoms with Crippen molar-refractivity contribution in [2.75, 3.05) is 24.7 Å². The molecule has 1 N–H and O–H groups in total. The second-order valence-corrected chi connectivity index (χ2v) is 12.7. The summed E-state index contributed by atoms with van der Waals surface area (Å²) in [4.78, 5) is 15.0. The minimum Gasteiger partial charge on any atom is -0.487 e. The van der Waals surface area contributed by atoms with Gasteiger partial charge in [-0.25, -0.2) is 22.0 Å². The first-order chi connectivity index (χ1) is 18.1. The van der Waals surface area contributed by atoms with Crippen LogP contribution in [0.5, 0.6) is 5.75 Å². The van der Waals surface area contributed by atoms with Gasteiger partial charge >= 0.3 is 0 Å². The Kier molecular flexibility index (Phi) is 7.08. The standard InChI is InChI=1S/C27H33FN4O5S/c1-18(2)38(34,35)30-26(33)22-17-29-32-12-8-20(16-24(22)32)31-11-4-5-23(31)21-15-19(28)6-7-25(21)37-27(3)9-13-36-14-10-27/h6-8,12,15-18,23H,4-5,9-11,13-14H2,1-3H3,(H,30,33)/t23-/m1/s1. The van der Waals surface area contributed by atoms with Crippen LogP contribution in [0.3, 0.4) is 0 Å². The minimum absolute atomic E-state index is 0.131. The van der Waals surface area contributed by atoms with Gasteiger partial charge in [-0.15, -0.1) is 0 Å². The van der Waals surface area contributed by atoms with Crippen molar-refractivity contribution in [2.45, 2.75) is 63.3 Å². The van der Waals surface area contributed by atoms with Gasteiger partial charge in [0, 0.05) is 36.8 Å². The number of halogens is 1. The molecule has 1 amide bonds. The van der Waals surface area contributed by atoms with Crippen molar-refractivity contribution < 1.29 is 27.1 Å². The van der Waals surface area contributed by atoms with E-state index in [1.807, 2.05) is 12.1 Å². The predicted molar refractivity (Wildman–Crippen MR) is 142 cm³/mol. The van der Waals surface area contributed by atoms with Crippen LogP contribution in [0.1, 0.15) is 68.4 Å². The Labute approximate surface area is 222 Å². The zero-order valence-corrected chi connectivity index (χ0v) is 22.6. The van der Waals surface area contributed by atoms with Crippen LogP contribution < -0.4 is 14.4 Å². The summed E-state index contributed by atoms with van der Waals surface area (Å²) >= 11 is 0. The van der Waals surface area contributed by atoms with Gasteiger partial charge in [-0.2, -0.15) is 5.10 Å². The summed E-state index contributed by atoms with van der Waals surface area (Å²) in [7, 11) is -3.79. The molecule has 0 radical (unpaired) electrons. The SMILES string of the molecule is CC(C)S(=O)(=O)NC(=O)c1cnn2ccc(N3CCC[C@@H]3c3cc(F)ccc3OC3(C)CCOCC3)cc12. The van der Waals surface area contributed by atoms with Crippen LogP contribution in [0.25, 0.3) is 5.52 Å². The van der Waals surface area contributed by atoms with Gasteiger partial charge in [-0.05, 0) is 63.9 Å². The molecule has 9 nitrogen and oxygen atoms in total. The lowest BCUT2D eigenvalue weighted by Gasteiger charge is -2.36. The maximum atomic E-state index is 14.5. The summed E-state index contributed by atoms with van der Waals surface area (Å²) in [5, 5.41) is 3.47. The fourth-order valence-corrected chi connectivity index (χ4v) is 5.67. The lowest BCUT2D eigenvalue weighted by atomic mass is 9.95. The number of rotatable bonds is 7. The summed E-state index contributed by atoms with van der Waals surface area (Å²) in [6, 6.07) is 8.27. The molecule has 2 saturated heterocycles. The quantitative estimate of drug-likeness (QED) is 0.475. The van der Waals surface area contributed by atoms with Gasteiger partial charge in [0.2, 0.25) is 10.0 Å². The third-order valence-corrected chi connectivity index (χ3v) is 9.14. The smallest absolute Gasteiger partial charge is 0.268 e. The normalized spacial score (nSPS) is 19.7. The Hall–Kier alpha value is -3.18.